The van der Waals surface area contributed by atoms with Crippen LogP contribution in [0.15, 0.2) is 54.6 Å². The van der Waals surface area contributed by atoms with Gasteiger partial charge in [-0.1, -0.05) is 12.1 Å². The van der Waals surface area contributed by atoms with Crippen LogP contribution in [0.3, 0.4) is 0 Å². The molecule has 3 aromatic rings. The SMILES string of the molecule is CC(C)Oc1ccccc1NC(=O)c1ccc(Nc2ccc3c(c2)OCO3)nn1. The maximum Gasteiger partial charge on any atom is 0.276 e. The molecule has 0 unspecified atom stereocenters. The fraction of sp³-hybridized carbons (Fsp3) is 0.190. The van der Waals surface area contributed by atoms with Gasteiger partial charge in [0.1, 0.15) is 5.75 Å². The van der Waals surface area contributed by atoms with E-state index in [9.17, 15) is 4.79 Å². The van der Waals surface area contributed by atoms with E-state index in [1.807, 2.05) is 44.2 Å². The molecular weight excluding hydrogens is 372 g/mol. The van der Waals surface area contributed by atoms with Crippen molar-refractivity contribution in [2.45, 2.75) is 20.0 Å². The average Bonchev–Trinajstić information content (AvgIpc) is 3.17. The quantitative estimate of drug-likeness (QED) is 0.655. The van der Waals surface area contributed by atoms with E-state index in [1.165, 1.54) is 0 Å². The molecule has 1 amide bonds. The molecule has 148 valence electrons. The first-order valence-corrected chi connectivity index (χ1v) is 9.16. The van der Waals surface area contributed by atoms with Crippen LogP contribution in [0.4, 0.5) is 17.2 Å². The van der Waals surface area contributed by atoms with Gasteiger partial charge in [0.15, 0.2) is 23.0 Å². The van der Waals surface area contributed by atoms with Crippen LogP contribution >= 0.6 is 0 Å². The molecule has 0 bridgehead atoms. The lowest BCUT2D eigenvalue weighted by atomic mass is 10.2. The molecule has 1 aromatic heterocycles. The molecule has 8 nitrogen and oxygen atoms in total. The van der Waals surface area contributed by atoms with Crippen LogP contribution in [0.5, 0.6) is 17.2 Å². The highest BCUT2D eigenvalue weighted by molar-refractivity contribution is 6.03. The van der Waals surface area contributed by atoms with Crippen LogP contribution in [0.1, 0.15) is 24.3 Å². The van der Waals surface area contributed by atoms with Gasteiger partial charge in [-0.3, -0.25) is 4.79 Å². The van der Waals surface area contributed by atoms with E-state index in [-0.39, 0.29) is 24.5 Å². The van der Waals surface area contributed by atoms with E-state index >= 15 is 0 Å². The zero-order chi connectivity index (χ0) is 20.2. The lowest BCUT2D eigenvalue weighted by molar-refractivity contribution is 0.102. The molecule has 0 spiro atoms. The Balaban J connectivity index is 1.43. The van der Waals surface area contributed by atoms with Gasteiger partial charge in [0.2, 0.25) is 6.79 Å². The van der Waals surface area contributed by atoms with Gasteiger partial charge in [-0.2, -0.15) is 0 Å². The van der Waals surface area contributed by atoms with Gasteiger partial charge in [-0.15, -0.1) is 10.2 Å². The number of carbonyl (C=O) groups is 1. The minimum absolute atomic E-state index is 0.00520. The Hall–Kier alpha value is -3.81. The molecule has 1 aliphatic rings. The van der Waals surface area contributed by atoms with Crippen molar-refractivity contribution in [3.63, 3.8) is 0 Å². The Morgan fingerprint density at radius 1 is 1.03 bits per heavy atom. The molecule has 1 aliphatic heterocycles. The van der Waals surface area contributed by atoms with E-state index in [2.05, 4.69) is 20.8 Å². The van der Waals surface area contributed by atoms with Crippen LogP contribution in [-0.4, -0.2) is 29.0 Å². The number of rotatable bonds is 6. The average molecular weight is 392 g/mol. The number of hydrogen-bond acceptors (Lipinski definition) is 7. The van der Waals surface area contributed by atoms with Crippen molar-refractivity contribution in [3.8, 4) is 17.2 Å². The fourth-order valence-corrected chi connectivity index (χ4v) is 2.76. The number of amides is 1. The molecule has 29 heavy (non-hydrogen) atoms. The van der Waals surface area contributed by atoms with Crippen molar-refractivity contribution >= 4 is 23.1 Å². The first kappa shape index (κ1) is 18.5. The van der Waals surface area contributed by atoms with Crippen molar-refractivity contribution in [2.24, 2.45) is 0 Å². The van der Waals surface area contributed by atoms with E-state index in [1.54, 1.807) is 24.3 Å². The Morgan fingerprint density at radius 3 is 2.66 bits per heavy atom. The van der Waals surface area contributed by atoms with Crippen molar-refractivity contribution in [1.29, 1.82) is 0 Å². The number of aromatic nitrogens is 2. The number of nitrogens with one attached hydrogen (secondary N) is 2. The predicted octanol–water partition coefficient (Wildman–Crippen LogP) is 3.99. The molecule has 2 aromatic carbocycles. The zero-order valence-electron chi connectivity index (χ0n) is 16.0. The Bertz CT molecular complexity index is 1020. The molecule has 0 saturated carbocycles. The third-order valence-corrected chi connectivity index (χ3v) is 4.04. The van der Waals surface area contributed by atoms with Crippen LogP contribution in [0.2, 0.25) is 0 Å². The molecule has 0 radical (unpaired) electrons. The number of benzene rings is 2. The number of anilines is 3. The molecule has 8 heteroatoms. The number of ether oxygens (including phenoxy) is 3. The monoisotopic (exact) mass is 392 g/mol. The summed E-state index contributed by atoms with van der Waals surface area (Å²) in [5.74, 6) is 2.11. The van der Waals surface area contributed by atoms with Gasteiger partial charge >= 0.3 is 0 Å². The minimum Gasteiger partial charge on any atom is -0.489 e. The first-order chi connectivity index (χ1) is 14.1. The maximum atomic E-state index is 12.5. The first-order valence-electron chi connectivity index (χ1n) is 9.16. The molecule has 0 saturated heterocycles. The second-order valence-electron chi connectivity index (χ2n) is 6.61. The second kappa shape index (κ2) is 8.05. The van der Waals surface area contributed by atoms with Crippen molar-refractivity contribution in [2.75, 3.05) is 17.4 Å². The largest absolute Gasteiger partial charge is 0.489 e. The third-order valence-electron chi connectivity index (χ3n) is 4.04. The molecule has 2 N–H and O–H groups in total. The van der Waals surface area contributed by atoms with E-state index in [4.69, 9.17) is 14.2 Å². The summed E-state index contributed by atoms with van der Waals surface area (Å²) in [6.45, 7) is 4.07. The summed E-state index contributed by atoms with van der Waals surface area (Å²) in [6, 6.07) is 16.0. The van der Waals surface area contributed by atoms with Gasteiger partial charge in [-0.05, 0) is 50.2 Å². The third kappa shape index (κ3) is 4.37. The molecule has 0 atom stereocenters. The Labute approximate surface area is 167 Å². The summed E-state index contributed by atoms with van der Waals surface area (Å²) in [6.07, 6.45) is -0.00520. The summed E-state index contributed by atoms with van der Waals surface area (Å²) >= 11 is 0. The van der Waals surface area contributed by atoms with E-state index in [0.29, 0.717) is 28.8 Å². The molecule has 0 fully saturated rings. The maximum absolute atomic E-state index is 12.5. The summed E-state index contributed by atoms with van der Waals surface area (Å²) in [7, 11) is 0. The van der Waals surface area contributed by atoms with Crippen molar-refractivity contribution < 1.29 is 19.0 Å². The predicted molar refractivity (Wildman–Crippen MR) is 108 cm³/mol. The molecule has 4 rings (SSSR count). The number of para-hydroxylation sites is 2. The highest BCUT2D eigenvalue weighted by atomic mass is 16.7. The van der Waals surface area contributed by atoms with Gasteiger partial charge in [0.05, 0.1) is 11.8 Å². The normalized spacial score (nSPS) is 12.0. The second-order valence-corrected chi connectivity index (χ2v) is 6.61. The number of hydrogen-bond donors (Lipinski definition) is 2. The summed E-state index contributed by atoms with van der Waals surface area (Å²) in [5, 5.41) is 14.0. The highest BCUT2D eigenvalue weighted by Crippen LogP contribution is 2.34. The van der Waals surface area contributed by atoms with E-state index in [0.717, 1.165) is 5.69 Å². The fourth-order valence-electron chi connectivity index (χ4n) is 2.76. The van der Waals surface area contributed by atoms with Gasteiger partial charge < -0.3 is 24.8 Å². The van der Waals surface area contributed by atoms with E-state index < -0.39 is 0 Å². The molecule has 0 aliphatic carbocycles. The highest BCUT2D eigenvalue weighted by Gasteiger charge is 2.15. The van der Waals surface area contributed by atoms with Gasteiger partial charge in [-0.25, -0.2) is 0 Å². The lowest BCUT2D eigenvalue weighted by Gasteiger charge is -2.14. The number of carbonyl (C=O) groups excluding carboxylic acids is 1. The van der Waals surface area contributed by atoms with Crippen LogP contribution in [-0.2, 0) is 0 Å². The lowest BCUT2D eigenvalue weighted by Crippen LogP contribution is -2.16. The topological polar surface area (TPSA) is 94.6 Å². The van der Waals surface area contributed by atoms with Crippen molar-refractivity contribution in [1.82, 2.24) is 10.2 Å². The van der Waals surface area contributed by atoms with Gasteiger partial charge in [0, 0.05) is 11.8 Å². The Morgan fingerprint density at radius 2 is 1.86 bits per heavy atom. The standard InChI is InChI=1S/C21H20N4O4/c1-13(2)29-17-6-4-3-5-15(17)23-21(26)16-8-10-20(25-24-16)22-14-7-9-18-19(11-14)28-12-27-18/h3-11,13H,12H2,1-2H3,(H,22,25)(H,23,26). The minimum atomic E-state index is -0.369. The zero-order valence-corrected chi connectivity index (χ0v) is 16.0. The van der Waals surface area contributed by atoms with Crippen LogP contribution in [0, 0.1) is 0 Å². The van der Waals surface area contributed by atoms with Crippen molar-refractivity contribution in [3.05, 3.63) is 60.3 Å². The number of fused-ring (bicyclic) bond motifs is 1. The van der Waals surface area contributed by atoms with Gasteiger partial charge in [0.25, 0.3) is 5.91 Å². The van der Waals surface area contributed by atoms with Crippen LogP contribution < -0.4 is 24.8 Å². The molecule has 2 heterocycles. The molecular formula is C21H20N4O4. The Kier molecular flexibility index (Phi) is 5.15. The summed E-state index contributed by atoms with van der Waals surface area (Å²) in [5.41, 5.74) is 1.55. The number of nitrogens with zero attached hydrogens (tertiary/aromatic N) is 2. The smallest absolute Gasteiger partial charge is 0.276 e. The summed E-state index contributed by atoms with van der Waals surface area (Å²) < 4.78 is 16.4. The van der Waals surface area contributed by atoms with Crippen LogP contribution in [0.25, 0.3) is 0 Å². The summed E-state index contributed by atoms with van der Waals surface area (Å²) in [4.78, 5) is 12.5.